The van der Waals surface area contributed by atoms with Crippen molar-refractivity contribution in [2.24, 2.45) is 0 Å². The van der Waals surface area contributed by atoms with Gasteiger partial charge in [-0.25, -0.2) is 4.98 Å². The first kappa shape index (κ1) is 13.3. The standard InChI is InChI=1S/C10H8ClN3O2.ClH/c11-7-1-3-8(4-2-7)16-14-6-13-5-9(12)10(14)15;/h1-6H,12H2;1H. The molecule has 2 rings (SSSR count). The summed E-state index contributed by atoms with van der Waals surface area (Å²) in [5, 5.41) is 0.588. The molecule has 0 spiro atoms. The zero-order valence-electron chi connectivity index (χ0n) is 8.54. The van der Waals surface area contributed by atoms with Crippen LogP contribution in [0.4, 0.5) is 5.69 Å². The molecule has 1 heterocycles. The number of nitrogens with two attached hydrogens (primary N) is 1. The first-order valence-electron chi connectivity index (χ1n) is 4.43. The summed E-state index contributed by atoms with van der Waals surface area (Å²) >= 11 is 5.71. The Morgan fingerprint density at radius 3 is 2.59 bits per heavy atom. The molecule has 0 radical (unpaired) electrons. The first-order chi connectivity index (χ1) is 7.66. The first-order valence-corrected chi connectivity index (χ1v) is 4.80. The Labute approximate surface area is 108 Å². The summed E-state index contributed by atoms with van der Waals surface area (Å²) in [4.78, 5) is 20.5. The third kappa shape index (κ3) is 3.12. The lowest BCUT2D eigenvalue weighted by molar-refractivity contribution is 0.201. The number of hydrogen-bond donors (Lipinski definition) is 1. The fourth-order valence-corrected chi connectivity index (χ4v) is 1.21. The minimum absolute atomic E-state index is 0. The summed E-state index contributed by atoms with van der Waals surface area (Å²) < 4.78 is 0.957. The molecule has 5 nitrogen and oxygen atoms in total. The van der Waals surface area contributed by atoms with E-state index in [1.807, 2.05) is 0 Å². The number of anilines is 1. The monoisotopic (exact) mass is 273 g/mol. The van der Waals surface area contributed by atoms with Crippen molar-refractivity contribution < 1.29 is 4.84 Å². The third-order valence-electron chi connectivity index (χ3n) is 1.85. The van der Waals surface area contributed by atoms with Gasteiger partial charge in [0, 0.05) is 5.02 Å². The quantitative estimate of drug-likeness (QED) is 0.905. The fourth-order valence-electron chi connectivity index (χ4n) is 1.08. The van der Waals surface area contributed by atoms with E-state index in [2.05, 4.69) is 4.98 Å². The van der Waals surface area contributed by atoms with Gasteiger partial charge in [-0.2, -0.15) is 0 Å². The van der Waals surface area contributed by atoms with Crippen molar-refractivity contribution in [2.45, 2.75) is 0 Å². The lowest BCUT2D eigenvalue weighted by atomic mass is 10.3. The van der Waals surface area contributed by atoms with Gasteiger partial charge in [-0.1, -0.05) is 11.6 Å². The van der Waals surface area contributed by atoms with Crippen LogP contribution in [0.15, 0.2) is 41.6 Å². The molecule has 0 aliphatic rings. The predicted molar refractivity (Wildman–Crippen MR) is 67.6 cm³/mol. The van der Waals surface area contributed by atoms with Gasteiger partial charge < -0.3 is 10.6 Å². The van der Waals surface area contributed by atoms with E-state index in [0.29, 0.717) is 10.8 Å². The molecule has 0 aliphatic carbocycles. The van der Waals surface area contributed by atoms with Crippen molar-refractivity contribution in [1.29, 1.82) is 0 Å². The van der Waals surface area contributed by atoms with Crippen molar-refractivity contribution in [1.82, 2.24) is 9.71 Å². The SMILES string of the molecule is Cl.Nc1cncn(Oc2ccc(Cl)cc2)c1=O. The van der Waals surface area contributed by atoms with Crippen molar-refractivity contribution >= 4 is 29.7 Å². The van der Waals surface area contributed by atoms with E-state index in [0.717, 1.165) is 4.73 Å². The van der Waals surface area contributed by atoms with Crippen LogP contribution in [-0.4, -0.2) is 9.71 Å². The van der Waals surface area contributed by atoms with Gasteiger partial charge in [0.1, 0.15) is 12.0 Å². The van der Waals surface area contributed by atoms with Gasteiger partial charge in [-0.05, 0) is 24.3 Å². The maximum Gasteiger partial charge on any atom is 0.309 e. The van der Waals surface area contributed by atoms with Crippen LogP contribution in [0.3, 0.4) is 0 Å². The number of halogens is 2. The second-order valence-electron chi connectivity index (χ2n) is 3.03. The summed E-state index contributed by atoms with van der Waals surface area (Å²) in [5.41, 5.74) is 4.97. The van der Waals surface area contributed by atoms with Gasteiger partial charge in [0.05, 0.1) is 6.20 Å². The van der Waals surface area contributed by atoms with Crippen LogP contribution < -0.4 is 16.1 Å². The second-order valence-corrected chi connectivity index (χ2v) is 3.46. The molecule has 90 valence electrons. The van der Waals surface area contributed by atoms with Gasteiger partial charge in [0.15, 0.2) is 5.75 Å². The van der Waals surface area contributed by atoms with Crippen molar-refractivity contribution in [2.75, 3.05) is 5.73 Å². The maximum absolute atomic E-state index is 11.5. The summed E-state index contributed by atoms with van der Waals surface area (Å²) in [5.74, 6) is 0.471. The summed E-state index contributed by atoms with van der Waals surface area (Å²) in [6.07, 6.45) is 2.51. The Balaban J connectivity index is 0.00000144. The number of aromatic nitrogens is 2. The zero-order valence-corrected chi connectivity index (χ0v) is 10.1. The molecule has 0 aliphatic heterocycles. The largest absolute Gasteiger partial charge is 0.393 e. The highest BCUT2D eigenvalue weighted by molar-refractivity contribution is 6.30. The summed E-state index contributed by atoms with van der Waals surface area (Å²) in [6, 6.07) is 6.58. The van der Waals surface area contributed by atoms with Crippen LogP contribution >= 0.6 is 24.0 Å². The maximum atomic E-state index is 11.5. The van der Waals surface area contributed by atoms with Gasteiger partial charge in [0.2, 0.25) is 0 Å². The Morgan fingerprint density at radius 1 is 1.29 bits per heavy atom. The molecule has 0 amide bonds. The molecule has 0 saturated carbocycles. The molecular weight excluding hydrogens is 265 g/mol. The van der Waals surface area contributed by atoms with Crippen LogP contribution in [0.1, 0.15) is 0 Å². The molecule has 17 heavy (non-hydrogen) atoms. The van der Waals surface area contributed by atoms with Gasteiger partial charge in [0.25, 0.3) is 0 Å². The van der Waals surface area contributed by atoms with E-state index in [1.54, 1.807) is 24.3 Å². The molecule has 2 aromatic rings. The number of benzene rings is 1. The second kappa shape index (κ2) is 5.56. The third-order valence-corrected chi connectivity index (χ3v) is 2.10. The van der Waals surface area contributed by atoms with E-state index < -0.39 is 5.56 Å². The normalized spacial score (nSPS) is 9.47. The smallest absolute Gasteiger partial charge is 0.309 e. The van der Waals surface area contributed by atoms with Crippen LogP contribution in [0.5, 0.6) is 5.75 Å². The number of nitrogens with zero attached hydrogens (tertiary/aromatic N) is 2. The molecule has 1 aromatic carbocycles. The van der Waals surface area contributed by atoms with Crippen LogP contribution in [-0.2, 0) is 0 Å². The number of rotatable bonds is 2. The van der Waals surface area contributed by atoms with E-state index in [-0.39, 0.29) is 18.1 Å². The van der Waals surface area contributed by atoms with Gasteiger partial charge in [-0.15, -0.1) is 17.1 Å². The Morgan fingerprint density at radius 2 is 1.94 bits per heavy atom. The Hall–Kier alpha value is -1.72. The minimum Gasteiger partial charge on any atom is -0.393 e. The minimum atomic E-state index is -0.454. The average Bonchev–Trinajstić information content (AvgIpc) is 2.28. The highest BCUT2D eigenvalue weighted by atomic mass is 35.5. The van der Waals surface area contributed by atoms with Crippen molar-refractivity contribution in [3.63, 3.8) is 0 Å². The summed E-state index contributed by atoms with van der Waals surface area (Å²) in [6.45, 7) is 0. The van der Waals surface area contributed by atoms with Gasteiger partial charge >= 0.3 is 5.56 Å². The summed E-state index contributed by atoms with van der Waals surface area (Å²) in [7, 11) is 0. The fraction of sp³-hybridized carbons (Fsp3) is 0. The zero-order chi connectivity index (χ0) is 11.5. The van der Waals surface area contributed by atoms with Crippen LogP contribution in [0.25, 0.3) is 0 Å². The topological polar surface area (TPSA) is 70.1 Å². The van der Waals surface area contributed by atoms with Gasteiger partial charge in [-0.3, -0.25) is 4.79 Å². The highest BCUT2D eigenvalue weighted by Gasteiger charge is 2.02. The van der Waals surface area contributed by atoms with Crippen LogP contribution in [0, 0.1) is 0 Å². The number of nitrogen functional groups attached to an aromatic ring is 1. The molecule has 0 saturated heterocycles. The molecule has 0 atom stereocenters. The molecule has 0 unspecified atom stereocenters. The molecule has 1 aromatic heterocycles. The molecule has 2 N–H and O–H groups in total. The number of hydrogen-bond acceptors (Lipinski definition) is 4. The van der Waals surface area contributed by atoms with E-state index in [1.165, 1.54) is 12.5 Å². The lowest BCUT2D eigenvalue weighted by Gasteiger charge is -2.06. The Kier molecular flexibility index (Phi) is 4.37. The van der Waals surface area contributed by atoms with Crippen molar-refractivity contribution in [3.05, 3.63) is 52.2 Å². The van der Waals surface area contributed by atoms with Crippen molar-refractivity contribution in [3.8, 4) is 5.75 Å². The highest BCUT2D eigenvalue weighted by Crippen LogP contribution is 2.15. The molecule has 0 fully saturated rings. The van der Waals surface area contributed by atoms with Crippen LogP contribution in [0.2, 0.25) is 5.02 Å². The molecular formula is C10H9Cl2N3O2. The van der Waals surface area contributed by atoms with E-state index in [9.17, 15) is 4.79 Å². The average molecular weight is 274 g/mol. The Bertz CT molecular complexity index is 554. The lowest BCUT2D eigenvalue weighted by Crippen LogP contribution is -2.26. The van der Waals surface area contributed by atoms with E-state index >= 15 is 0 Å². The molecule has 7 heteroatoms. The van der Waals surface area contributed by atoms with E-state index in [4.69, 9.17) is 22.2 Å². The predicted octanol–water partition coefficient (Wildman–Crippen LogP) is 1.74. The molecule has 0 bridgehead atoms.